The van der Waals surface area contributed by atoms with Crippen molar-refractivity contribution < 1.29 is 4.79 Å². The third kappa shape index (κ3) is 3.88. The van der Waals surface area contributed by atoms with E-state index in [0.717, 1.165) is 22.3 Å². The minimum absolute atomic E-state index is 0.176. The minimum Gasteiger partial charge on any atom is -0.383 e. The molecule has 0 aliphatic rings. The average Bonchev–Trinajstić information content (AvgIpc) is 3.08. The molecule has 34 heavy (non-hydrogen) atoms. The Hall–Kier alpha value is -4.52. The first kappa shape index (κ1) is 21.3. The van der Waals surface area contributed by atoms with E-state index >= 15 is 0 Å². The van der Waals surface area contributed by atoms with Gasteiger partial charge < -0.3 is 11.1 Å². The van der Waals surface area contributed by atoms with Crippen LogP contribution in [-0.4, -0.2) is 26.8 Å². The number of nitrogens with zero attached hydrogens (tertiary/aromatic N) is 4. The van der Waals surface area contributed by atoms with Gasteiger partial charge >= 0.3 is 0 Å². The number of carbonyl (C=O) groups excluding carboxylic acids is 1. The van der Waals surface area contributed by atoms with Crippen molar-refractivity contribution in [3.8, 4) is 0 Å². The summed E-state index contributed by atoms with van der Waals surface area (Å²) in [5.41, 5.74) is 13.9. The van der Waals surface area contributed by atoms with E-state index in [1.54, 1.807) is 6.21 Å². The molecule has 7 heteroatoms. The molecule has 2 heterocycles. The third-order valence-electron chi connectivity index (χ3n) is 5.83. The van der Waals surface area contributed by atoms with Gasteiger partial charge in [0, 0.05) is 5.69 Å². The lowest BCUT2D eigenvalue weighted by atomic mass is 10.1. The second kappa shape index (κ2) is 8.44. The van der Waals surface area contributed by atoms with Gasteiger partial charge in [0.05, 0.1) is 17.2 Å². The van der Waals surface area contributed by atoms with Crippen molar-refractivity contribution in [2.45, 2.75) is 20.8 Å². The Bertz CT molecular complexity index is 1600. The van der Waals surface area contributed by atoms with Gasteiger partial charge in [-0.25, -0.2) is 9.97 Å². The maximum atomic E-state index is 13.4. The number of aromatic nitrogens is 3. The molecule has 5 rings (SSSR count). The number of rotatable bonds is 4. The Kier molecular flexibility index (Phi) is 5.30. The van der Waals surface area contributed by atoms with E-state index in [2.05, 4.69) is 10.4 Å². The minimum atomic E-state index is -0.361. The molecule has 0 saturated carbocycles. The molecule has 0 aliphatic heterocycles. The van der Waals surface area contributed by atoms with Crippen molar-refractivity contribution in [2.24, 2.45) is 5.10 Å². The van der Waals surface area contributed by atoms with E-state index in [-0.39, 0.29) is 17.3 Å². The van der Waals surface area contributed by atoms with Crippen LogP contribution in [0, 0.1) is 20.8 Å². The molecule has 3 aromatic carbocycles. The molecule has 0 fully saturated rings. The molecular weight excluding hydrogens is 424 g/mol. The number of para-hydroxylation sites is 2. The summed E-state index contributed by atoms with van der Waals surface area (Å²) in [6.45, 7) is 6.05. The molecule has 168 valence electrons. The Morgan fingerprint density at radius 3 is 2.44 bits per heavy atom. The van der Waals surface area contributed by atoms with Crippen LogP contribution in [-0.2, 0) is 0 Å². The lowest BCUT2D eigenvalue weighted by Crippen LogP contribution is -2.14. The quantitative estimate of drug-likeness (QED) is 0.368. The SMILES string of the molecule is Cc1cccc(/C=N\n2c(N)c(C(=O)Nc3ccc(C)c(C)c3)c3nc4ccccc4nc32)c1. The second-order valence-corrected chi connectivity index (χ2v) is 8.37. The first-order chi connectivity index (χ1) is 16.4. The smallest absolute Gasteiger partial charge is 0.261 e. The standard InChI is InChI=1S/C27H24N6O/c1-16-7-6-8-19(13-16)15-29-33-25(28)23(27(34)30-20-12-11-17(2)18(3)14-20)24-26(33)32-22-10-5-4-9-21(22)31-24/h4-15H,28H2,1-3H3,(H,30,34)/b29-15-. The maximum Gasteiger partial charge on any atom is 0.261 e. The number of aryl methyl sites for hydroxylation is 3. The molecule has 3 N–H and O–H groups in total. The van der Waals surface area contributed by atoms with E-state index in [4.69, 9.17) is 15.7 Å². The summed E-state index contributed by atoms with van der Waals surface area (Å²) in [7, 11) is 0. The lowest BCUT2D eigenvalue weighted by molar-refractivity contribution is 0.102. The van der Waals surface area contributed by atoms with Crippen molar-refractivity contribution in [3.05, 3.63) is 94.5 Å². The summed E-state index contributed by atoms with van der Waals surface area (Å²) in [6.07, 6.45) is 1.70. The number of fused-ring (bicyclic) bond motifs is 2. The number of nitrogens with two attached hydrogens (primary N) is 1. The molecule has 0 saturated heterocycles. The summed E-state index contributed by atoms with van der Waals surface area (Å²) in [5, 5.41) is 7.52. The van der Waals surface area contributed by atoms with Crippen LogP contribution in [0.2, 0.25) is 0 Å². The van der Waals surface area contributed by atoms with Crippen LogP contribution in [0.1, 0.15) is 32.6 Å². The molecule has 5 aromatic rings. The van der Waals surface area contributed by atoms with Gasteiger partial charge in [-0.3, -0.25) is 4.79 Å². The average molecular weight is 449 g/mol. The first-order valence-corrected chi connectivity index (χ1v) is 11.0. The van der Waals surface area contributed by atoms with Crippen molar-refractivity contribution in [3.63, 3.8) is 0 Å². The molecule has 0 spiro atoms. The predicted octanol–water partition coefficient (Wildman–Crippen LogP) is 5.23. The topological polar surface area (TPSA) is 98.2 Å². The number of hydrogen-bond donors (Lipinski definition) is 2. The Labute approximate surface area is 197 Å². The number of anilines is 2. The number of amides is 1. The molecule has 0 aliphatic carbocycles. The molecule has 2 aromatic heterocycles. The normalized spacial score (nSPS) is 11.5. The van der Waals surface area contributed by atoms with Crippen molar-refractivity contribution >= 4 is 45.8 Å². The van der Waals surface area contributed by atoms with E-state index in [1.165, 1.54) is 4.68 Å². The zero-order valence-corrected chi connectivity index (χ0v) is 19.2. The Morgan fingerprint density at radius 2 is 1.71 bits per heavy atom. The number of hydrogen-bond acceptors (Lipinski definition) is 5. The maximum absolute atomic E-state index is 13.4. The summed E-state index contributed by atoms with van der Waals surface area (Å²) < 4.78 is 1.48. The molecular formula is C27H24N6O. The lowest BCUT2D eigenvalue weighted by Gasteiger charge is -2.08. The molecule has 7 nitrogen and oxygen atoms in total. The van der Waals surface area contributed by atoms with Crippen molar-refractivity contribution in [1.29, 1.82) is 0 Å². The first-order valence-electron chi connectivity index (χ1n) is 11.0. The highest BCUT2D eigenvalue weighted by molar-refractivity contribution is 6.16. The van der Waals surface area contributed by atoms with Crippen LogP contribution in [0.4, 0.5) is 11.5 Å². The van der Waals surface area contributed by atoms with Gasteiger partial charge in [0.2, 0.25) is 0 Å². The second-order valence-electron chi connectivity index (χ2n) is 8.37. The van der Waals surface area contributed by atoms with E-state index in [9.17, 15) is 4.79 Å². The highest BCUT2D eigenvalue weighted by Crippen LogP contribution is 2.29. The van der Waals surface area contributed by atoms with Crippen LogP contribution < -0.4 is 11.1 Å². The van der Waals surface area contributed by atoms with Gasteiger partial charge in [-0.2, -0.15) is 9.78 Å². The number of nitrogen functional groups attached to an aromatic ring is 1. The predicted molar refractivity (Wildman–Crippen MR) is 137 cm³/mol. The highest BCUT2D eigenvalue weighted by atomic mass is 16.1. The fourth-order valence-corrected chi connectivity index (χ4v) is 3.88. The van der Waals surface area contributed by atoms with Gasteiger partial charge in [0.1, 0.15) is 16.9 Å². The monoisotopic (exact) mass is 448 g/mol. The summed E-state index contributed by atoms with van der Waals surface area (Å²) in [5.74, 6) is -0.185. The fraction of sp³-hybridized carbons (Fsp3) is 0.111. The van der Waals surface area contributed by atoms with Gasteiger partial charge in [-0.15, -0.1) is 0 Å². The number of benzene rings is 3. The van der Waals surface area contributed by atoms with E-state index in [1.807, 2.05) is 87.5 Å². The number of carbonyl (C=O) groups is 1. The Balaban J connectivity index is 1.65. The van der Waals surface area contributed by atoms with Crippen LogP contribution in [0.5, 0.6) is 0 Å². The van der Waals surface area contributed by atoms with Crippen LogP contribution in [0.25, 0.3) is 22.2 Å². The molecule has 0 atom stereocenters. The van der Waals surface area contributed by atoms with Crippen molar-refractivity contribution in [1.82, 2.24) is 14.6 Å². The van der Waals surface area contributed by atoms with E-state index < -0.39 is 0 Å². The zero-order valence-electron chi connectivity index (χ0n) is 19.2. The highest BCUT2D eigenvalue weighted by Gasteiger charge is 2.24. The number of nitrogens with one attached hydrogen (secondary N) is 1. The summed E-state index contributed by atoms with van der Waals surface area (Å²) in [6, 6.07) is 21.2. The molecule has 0 bridgehead atoms. The molecule has 0 radical (unpaired) electrons. The third-order valence-corrected chi connectivity index (χ3v) is 5.83. The van der Waals surface area contributed by atoms with Crippen LogP contribution >= 0.6 is 0 Å². The van der Waals surface area contributed by atoms with Gasteiger partial charge in [-0.1, -0.05) is 48.0 Å². The summed E-state index contributed by atoms with van der Waals surface area (Å²) >= 11 is 0. The largest absolute Gasteiger partial charge is 0.383 e. The fourth-order valence-electron chi connectivity index (χ4n) is 3.88. The van der Waals surface area contributed by atoms with Crippen LogP contribution in [0.15, 0.2) is 71.8 Å². The van der Waals surface area contributed by atoms with Crippen LogP contribution in [0.3, 0.4) is 0 Å². The zero-order chi connectivity index (χ0) is 23.8. The van der Waals surface area contributed by atoms with E-state index in [0.29, 0.717) is 27.9 Å². The van der Waals surface area contributed by atoms with Crippen molar-refractivity contribution in [2.75, 3.05) is 11.1 Å². The molecule has 0 unspecified atom stereocenters. The van der Waals surface area contributed by atoms with Gasteiger partial charge in [-0.05, 0) is 61.7 Å². The Morgan fingerprint density at radius 1 is 0.941 bits per heavy atom. The van der Waals surface area contributed by atoms with Gasteiger partial charge in [0.15, 0.2) is 5.65 Å². The van der Waals surface area contributed by atoms with Gasteiger partial charge in [0.25, 0.3) is 5.91 Å². The summed E-state index contributed by atoms with van der Waals surface area (Å²) in [4.78, 5) is 22.8. The molecule has 1 amide bonds.